The Kier molecular flexibility index (Phi) is 6.11. The van der Waals surface area contributed by atoms with Crippen LogP contribution < -0.4 is 0 Å². The number of esters is 1. The van der Waals surface area contributed by atoms with E-state index >= 15 is 0 Å². The average molecular weight is 425 g/mol. The van der Waals surface area contributed by atoms with Crippen molar-refractivity contribution in [2.24, 2.45) is 22.7 Å². The van der Waals surface area contributed by atoms with E-state index < -0.39 is 0 Å². The highest BCUT2D eigenvalue weighted by atomic mass is 16.5. The number of rotatable bonds is 6. The Morgan fingerprint density at radius 1 is 1.19 bits per heavy atom. The highest BCUT2D eigenvalue weighted by Gasteiger charge is 2.55. The SMILES string of the molecule is CCCCCC(=O)OC(C=O)=C1CC[C@H]2[C@@H]3CCC4=CC(=O)CC[C@]4(C)C3=CC[C@]12C. The summed E-state index contributed by atoms with van der Waals surface area (Å²) >= 11 is 0. The van der Waals surface area contributed by atoms with Gasteiger partial charge in [0.1, 0.15) is 0 Å². The first-order chi connectivity index (χ1) is 14.8. The van der Waals surface area contributed by atoms with Crippen LogP contribution in [0.4, 0.5) is 0 Å². The number of carbonyl (C=O) groups excluding carboxylic acids is 3. The van der Waals surface area contributed by atoms with E-state index in [4.69, 9.17) is 4.74 Å². The van der Waals surface area contributed by atoms with Gasteiger partial charge in [-0.25, -0.2) is 0 Å². The van der Waals surface area contributed by atoms with E-state index in [2.05, 4.69) is 26.8 Å². The molecule has 0 heterocycles. The molecular weight excluding hydrogens is 388 g/mol. The third-order valence-corrected chi connectivity index (χ3v) is 8.73. The largest absolute Gasteiger partial charge is 0.423 e. The Balaban J connectivity index is 1.61. The number of hydrogen-bond acceptors (Lipinski definition) is 4. The molecule has 0 bridgehead atoms. The van der Waals surface area contributed by atoms with Gasteiger partial charge in [0.25, 0.3) is 0 Å². The number of ether oxygens (including phenoxy) is 1. The number of hydrogen-bond donors (Lipinski definition) is 0. The summed E-state index contributed by atoms with van der Waals surface area (Å²) < 4.78 is 5.60. The van der Waals surface area contributed by atoms with Gasteiger partial charge in [0, 0.05) is 18.3 Å². The molecule has 0 aromatic rings. The van der Waals surface area contributed by atoms with Crippen molar-refractivity contribution >= 4 is 18.0 Å². The summed E-state index contributed by atoms with van der Waals surface area (Å²) in [6.45, 7) is 6.69. The number of allylic oxidation sites excluding steroid dienone is 6. The molecular formula is C27H36O4. The van der Waals surface area contributed by atoms with Gasteiger partial charge in [0.15, 0.2) is 17.8 Å². The number of ketones is 1. The van der Waals surface area contributed by atoms with Crippen molar-refractivity contribution in [2.75, 3.05) is 0 Å². The van der Waals surface area contributed by atoms with Crippen LogP contribution in [0.1, 0.15) is 91.4 Å². The van der Waals surface area contributed by atoms with E-state index in [-0.39, 0.29) is 28.3 Å². The first-order valence-corrected chi connectivity index (χ1v) is 12.2. The molecule has 0 spiro atoms. The van der Waals surface area contributed by atoms with Gasteiger partial charge in [-0.1, -0.05) is 50.8 Å². The molecule has 0 N–H and O–H groups in total. The van der Waals surface area contributed by atoms with Gasteiger partial charge in [0.2, 0.25) is 0 Å². The van der Waals surface area contributed by atoms with Gasteiger partial charge in [-0.2, -0.15) is 0 Å². The molecule has 4 nitrogen and oxygen atoms in total. The molecule has 2 fully saturated rings. The van der Waals surface area contributed by atoms with Crippen molar-refractivity contribution in [1.29, 1.82) is 0 Å². The molecule has 0 unspecified atom stereocenters. The van der Waals surface area contributed by atoms with E-state index in [9.17, 15) is 14.4 Å². The van der Waals surface area contributed by atoms with Gasteiger partial charge in [-0.3, -0.25) is 14.4 Å². The summed E-state index contributed by atoms with van der Waals surface area (Å²) in [5, 5.41) is 0. The van der Waals surface area contributed by atoms with Gasteiger partial charge in [-0.05, 0) is 73.8 Å². The van der Waals surface area contributed by atoms with E-state index in [0.29, 0.717) is 24.7 Å². The second kappa shape index (κ2) is 8.52. The maximum absolute atomic E-state index is 12.3. The summed E-state index contributed by atoms with van der Waals surface area (Å²) in [7, 11) is 0. The molecule has 4 aliphatic carbocycles. The van der Waals surface area contributed by atoms with Crippen LogP contribution >= 0.6 is 0 Å². The zero-order valence-corrected chi connectivity index (χ0v) is 19.3. The van der Waals surface area contributed by atoms with Crippen LogP contribution in [0.15, 0.2) is 34.6 Å². The molecule has 0 aromatic heterocycles. The molecule has 168 valence electrons. The zero-order valence-electron chi connectivity index (χ0n) is 19.3. The first kappa shape index (κ1) is 22.2. The lowest BCUT2D eigenvalue weighted by Crippen LogP contribution is -2.43. The minimum Gasteiger partial charge on any atom is -0.423 e. The van der Waals surface area contributed by atoms with E-state index in [1.54, 1.807) is 0 Å². The van der Waals surface area contributed by atoms with Crippen molar-refractivity contribution in [3.05, 3.63) is 34.6 Å². The van der Waals surface area contributed by atoms with Crippen molar-refractivity contribution in [2.45, 2.75) is 91.4 Å². The van der Waals surface area contributed by atoms with Crippen LogP contribution in [-0.4, -0.2) is 18.0 Å². The molecule has 0 saturated heterocycles. The third kappa shape index (κ3) is 3.76. The van der Waals surface area contributed by atoms with Crippen LogP contribution in [-0.2, 0) is 19.1 Å². The van der Waals surface area contributed by atoms with Crippen LogP contribution in [0, 0.1) is 22.7 Å². The molecule has 4 atom stereocenters. The fourth-order valence-electron chi connectivity index (χ4n) is 6.93. The predicted octanol–water partition coefficient (Wildman–Crippen LogP) is 6.01. The zero-order chi connectivity index (χ0) is 22.2. The first-order valence-electron chi connectivity index (χ1n) is 12.2. The Morgan fingerprint density at radius 2 is 2.00 bits per heavy atom. The molecule has 31 heavy (non-hydrogen) atoms. The monoisotopic (exact) mass is 424 g/mol. The number of fused-ring (bicyclic) bond motifs is 5. The fraction of sp³-hybridized carbons (Fsp3) is 0.667. The maximum Gasteiger partial charge on any atom is 0.311 e. The third-order valence-electron chi connectivity index (χ3n) is 8.73. The highest BCUT2D eigenvalue weighted by Crippen LogP contribution is 2.64. The van der Waals surface area contributed by atoms with Crippen LogP contribution in [0.3, 0.4) is 0 Å². The predicted molar refractivity (Wildman–Crippen MR) is 120 cm³/mol. The molecule has 0 aromatic carbocycles. The fourth-order valence-corrected chi connectivity index (χ4v) is 6.93. The molecule has 4 aliphatic rings. The van der Waals surface area contributed by atoms with E-state index in [1.165, 1.54) is 11.1 Å². The molecule has 0 amide bonds. The quantitative estimate of drug-likeness (QED) is 0.131. The molecule has 0 radical (unpaired) electrons. The Bertz CT molecular complexity index is 876. The molecule has 2 saturated carbocycles. The second-order valence-electron chi connectivity index (χ2n) is 10.4. The van der Waals surface area contributed by atoms with E-state index in [1.807, 2.05) is 6.08 Å². The summed E-state index contributed by atoms with van der Waals surface area (Å²) in [5.74, 6) is 1.21. The lowest BCUT2D eigenvalue weighted by molar-refractivity contribution is -0.141. The standard InChI is InChI=1S/C27H36O4/c1-4-5-6-7-25(30)31-24(17-28)23-11-10-21-20-9-8-18-16-19(29)12-14-26(18,2)22(20)13-15-27(21,23)3/h13,16-17,20-21H,4-12,14-15H2,1-3H3/t20-,21-,26-,27-/m0/s1. The second-order valence-corrected chi connectivity index (χ2v) is 10.4. The minimum atomic E-state index is -0.283. The Labute approximate surface area is 186 Å². The normalized spacial score (nSPS) is 35.9. The smallest absolute Gasteiger partial charge is 0.311 e. The van der Waals surface area contributed by atoms with Crippen molar-refractivity contribution < 1.29 is 19.1 Å². The van der Waals surface area contributed by atoms with E-state index in [0.717, 1.165) is 69.6 Å². The lowest BCUT2D eigenvalue weighted by atomic mass is 9.51. The average Bonchev–Trinajstić information content (AvgIpc) is 3.10. The van der Waals surface area contributed by atoms with Gasteiger partial charge in [-0.15, -0.1) is 0 Å². The Morgan fingerprint density at radius 3 is 2.74 bits per heavy atom. The summed E-state index contributed by atoms with van der Waals surface area (Å²) in [6, 6.07) is 0. The number of aldehydes is 1. The Hall–Kier alpha value is -1.97. The molecule has 4 rings (SSSR count). The van der Waals surface area contributed by atoms with Crippen LogP contribution in [0.5, 0.6) is 0 Å². The summed E-state index contributed by atoms with van der Waals surface area (Å²) in [4.78, 5) is 36.2. The summed E-state index contributed by atoms with van der Waals surface area (Å²) in [5.41, 5.74) is 3.76. The highest BCUT2D eigenvalue weighted by molar-refractivity contribution is 5.92. The maximum atomic E-state index is 12.3. The van der Waals surface area contributed by atoms with Gasteiger partial charge >= 0.3 is 5.97 Å². The number of carbonyl (C=O) groups is 3. The summed E-state index contributed by atoms with van der Waals surface area (Å²) in [6.07, 6.45) is 14.7. The molecule has 0 aliphatic heterocycles. The van der Waals surface area contributed by atoms with Gasteiger partial charge in [0.05, 0.1) is 0 Å². The topological polar surface area (TPSA) is 60.4 Å². The lowest BCUT2D eigenvalue weighted by Gasteiger charge is -2.52. The van der Waals surface area contributed by atoms with Crippen LogP contribution in [0.25, 0.3) is 0 Å². The van der Waals surface area contributed by atoms with Crippen molar-refractivity contribution in [3.8, 4) is 0 Å². The van der Waals surface area contributed by atoms with Gasteiger partial charge < -0.3 is 4.74 Å². The minimum absolute atomic E-state index is 0.0177. The molecule has 4 heteroatoms. The van der Waals surface area contributed by atoms with Crippen molar-refractivity contribution in [3.63, 3.8) is 0 Å². The van der Waals surface area contributed by atoms with Crippen molar-refractivity contribution in [1.82, 2.24) is 0 Å². The number of unbranched alkanes of at least 4 members (excludes halogenated alkanes) is 2. The van der Waals surface area contributed by atoms with Crippen LogP contribution in [0.2, 0.25) is 0 Å².